The molecule has 8 heteroatoms. The van der Waals surface area contributed by atoms with Gasteiger partial charge in [-0.2, -0.15) is 5.10 Å². The molecule has 3 aromatic rings. The normalized spacial score (nSPS) is 17.3. The van der Waals surface area contributed by atoms with E-state index in [-0.39, 0.29) is 11.8 Å². The predicted molar refractivity (Wildman–Crippen MR) is 149 cm³/mol. The van der Waals surface area contributed by atoms with E-state index in [0.29, 0.717) is 56.3 Å². The Morgan fingerprint density at radius 1 is 1.16 bits per heavy atom. The van der Waals surface area contributed by atoms with Gasteiger partial charge in [0, 0.05) is 55.7 Å². The number of amides is 2. The van der Waals surface area contributed by atoms with E-state index in [1.165, 1.54) is 0 Å². The van der Waals surface area contributed by atoms with Crippen LogP contribution < -0.4 is 4.74 Å². The zero-order valence-corrected chi connectivity index (χ0v) is 23.3. The number of aryl methyl sites for hydroxylation is 2. The molecule has 0 aliphatic carbocycles. The molecular formula is C30H37ClN4O3. The lowest BCUT2D eigenvalue weighted by molar-refractivity contribution is -0.141. The summed E-state index contributed by atoms with van der Waals surface area (Å²) in [4.78, 5) is 30.5. The average Bonchev–Trinajstić information content (AvgIpc) is 3.23. The van der Waals surface area contributed by atoms with Crippen LogP contribution in [0.25, 0.3) is 0 Å². The van der Waals surface area contributed by atoms with Gasteiger partial charge in [0.15, 0.2) is 0 Å². The Hall–Kier alpha value is -3.32. The van der Waals surface area contributed by atoms with Gasteiger partial charge in [-0.25, -0.2) is 0 Å². The third-order valence-electron chi connectivity index (χ3n) is 7.44. The summed E-state index contributed by atoms with van der Waals surface area (Å²) >= 11 is 6.17. The topological polar surface area (TPSA) is 78.5 Å². The van der Waals surface area contributed by atoms with E-state index in [1.807, 2.05) is 68.3 Å². The molecule has 0 bridgehead atoms. The molecule has 0 radical (unpaired) electrons. The van der Waals surface area contributed by atoms with Gasteiger partial charge < -0.3 is 14.5 Å². The molecule has 0 unspecified atom stereocenters. The number of hydrogen-bond donors (Lipinski definition) is 1. The first kappa shape index (κ1) is 27.7. The summed E-state index contributed by atoms with van der Waals surface area (Å²) in [6.45, 7) is 5.99. The van der Waals surface area contributed by atoms with Crippen molar-refractivity contribution in [3.05, 3.63) is 82.1 Å². The highest BCUT2D eigenvalue weighted by Crippen LogP contribution is 2.36. The minimum Gasteiger partial charge on any atom is -0.493 e. The number of carbonyl (C=O) groups excluding carboxylic acids is 2. The summed E-state index contributed by atoms with van der Waals surface area (Å²) in [5, 5.41) is 7.84. The summed E-state index contributed by atoms with van der Waals surface area (Å²) < 4.78 is 6.20. The third kappa shape index (κ3) is 7.16. The van der Waals surface area contributed by atoms with Crippen molar-refractivity contribution in [3.8, 4) is 5.75 Å². The van der Waals surface area contributed by atoms with Gasteiger partial charge >= 0.3 is 0 Å². The maximum Gasteiger partial charge on any atom is 0.223 e. The van der Waals surface area contributed by atoms with Crippen LogP contribution in [0.3, 0.4) is 0 Å². The van der Waals surface area contributed by atoms with E-state index in [4.69, 9.17) is 16.3 Å². The highest BCUT2D eigenvalue weighted by atomic mass is 35.5. The predicted octanol–water partition coefficient (Wildman–Crippen LogP) is 5.35. The van der Waals surface area contributed by atoms with Crippen LogP contribution in [0.2, 0.25) is 5.02 Å². The van der Waals surface area contributed by atoms with Crippen LogP contribution in [0.15, 0.2) is 54.6 Å². The number of rotatable bonds is 10. The van der Waals surface area contributed by atoms with Crippen molar-refractivity contribution in [2.45, 2.75) is 52.5 Å². The van der Waals surface area contributed by atoms with Gasteiger partial charge in [-0.15, -0.1) is 0 Å². The first-order valence-corrected chi connectivity index (χ1v) is 13.6. The summed E-state index contributed by atoms with van der Waals surface area (Å²) in [7, 11) is 1.84. The Labute approximate surface area is 230 Å². The van der Waals surface area contributed by atoms with Crippen LogP contribution in [-0.2, 0) is 22.6 Å². The second kappa shape index (κ2) is 12.5. The average molecular weight is 537 g/mol. The lowest BCUT2D eigenvalue weighted by atomic mass is 9.77. The summed E-state index contributed by atoms with van der Waals surface area (Å²) in [5.74, 6) is 0.806. The Balaban J connectivity index is 1.47. The first-order valence-electron chi connectivity index (χ1n) is 13.2. The number of aromatic amines is 1. The smallest absolute Gasteiger partial charge is 0.223 e. The molecule has 2 heterocycles. The van der Waals surface area contributed by atoms with E-state index in [2.05, 4.69) is 10.2 Å². The number of aromatic nitrogens is 2. The second-order valence-corrected chi connectivity index (χ2v) is 10.9. The number of piperidine rings is 1. The molecule has 1 N–H and O–H groups in total. The molecule has 0 saturated carbocycles. The van der Waals surface area contributed by atoms with Gasteiger partial charge in [0.2, 0.25) is 11.8 Å². The van der Waals surface area contributed by atoms with Crippen molar-refractivity contribution < 1.29 is 14.3 Å². The van der Waals surface area contributed by atoms with Gasteiger partial charge in [-0.1, -0.05) is 48.0 Å². The number of nitrogens with zero attached hydrogens (tertiary/aromatic N) is 3. The molecule has 38 heavy (non-hydrogen) atoms. The number of nitrogens with one attached hydrogen (secondary N) is 1. The molecule has 1 aliphatic heterocycles. The lowest BCUT2D eigenvalue weighted by Gasteiger charge is -2.43. The van der Waals surface area contributed by atoms with Gasteiger partial charge in [-0.05, 0) is 62.4 Å². The Morgan fingerprint density at radius 3 is 2.66 bits per heavy atom. The molecule has 1 fully saturated rings. The number of likely N-dealkylation sites (tertiary alicyclic amines) is 1. The molecule has 202 valence electrons. The van der Waals surface area contributed by atoms with Crippen LogP contribution in [0.4, 0.5) is 0 Å². The van der Waals surface area contributed by atoms with Crippen molar-refractivity contribution in [1.82, 2.24) is 20.0 Å². The van der Waals surface area contributed by atoms with Crippen LogP contribution in [0, 0.1) is 19.3 Å². The van der Waals surface area contributed by atoms with Gasteiger partial charge in [0.05, 0.1) is 12.3 Å². The van der Waals surface area contributed by atoms with E-state index in [1.54, 1.807) is 17.0 Å². The number of carbonyl (C=O) groups is 2. The molecule has 1 saturated heterocycles. The number of hydrogen-bond acceptors (Lipinski definition) is 4. The van der Waals surface area contributed by atoms with Crippen molar-refractivity contribution in [1.29, 1.82) is 0 Å². The second-order valence-electron chi connectivity index (χ2n) is 10.5. The van der Waals surface area contributed by atoms with Crippen molar-refractivity contribution in [3.63, 3.8) is 0 Å². The van der Waals surface area contributed by atoms with Gasteiger partial charge in [0.1, 0.15) is 5.75 Å². The maximum atomic E-state index is 13.5. The Morgan fingerprint density at radius 2 is 1.95 bits per heavy atom. The SMILES string of the molecule is Cc1n[nH]c(C)c1CCC(=O)N1CCC[C@@](COc2cccc(Cl)c2)(CC(=O)N(C)Cc2ccccc2)C1. The zero-order chi connectivity index (χ0) is 27.1. The Kier molecular flexibility index (Phi) is 9.10. The first-order chi connectivity index (χ1) is 18.2. The minimum absolute atomic E-state index is 0.0440. The van der Waals surface area contributed by atoms with E-state index in [0.717, 1.165) is 35.4 Å². The molecular weight excluding hydrogens is 500 g/mol. The van der Waals surface area contributed by atoms with Crippen molar-refractivity contribution >= 4 is 23.4 Å². The molecule has 1 aliphatic rings. The largest absolute Gasteiger partial charge is 0.493 e. The number of benzene rings is 2. The van der Waals surface area contributed by atoms with Crippen molar-refractivity contribution in [2.75, 3.05) is 26.7 Å². The summed E-state index contributed by atoms with van der Waals surface area (Å²) in [5.41, 5.74) is 3.64. The van der Waals surface area contributed by atoms with Crippen molar-refractivity contribution in [2.24, 2.45) is 5.41 Å². The fraction of sp³-hybridized carbons (Fsp3) is 0.433. The highest BCUT2D eigenvalue weighted by Gasteiger charge is 2.40. The Bertz CT molecular complexity index is 1230. The summed E-state index contributed by atoms with van der Waals surface area (Å²) in [6.07, 6.45) is 3.00. The summed E-state index contributed by atoms with van der Waals surface area (Å²) in [6, 6.07) is 17.3. The van der Waals surface area contributed by atoms with E-state index >= 15 is 0 Å². The van der Waals surface area contributed by atoms with E-state index in [9.17, 15) is 9.59 Å². The quantitative estimate of drug-likeness (QED) is 0.379. The van der Waals surface area contributed by atoms with Crippen LogP contribution in [0.5, 0.6) is 5.75 Å². The number of H-pyrrole nitrogens is 1. The minimum atomic E-state index is -0.486. The molecule has 1 aromatic heterocycles. The fourth-order valence-corrected chi connectivity index (χ4v) is 5.44. The zero-order valence-electron chi connectivity index (χ0n) is 22.5. The van der Waals surface area contributed by atoms with Crippen LogP contribution in [0.1, 0.15) is 48.2 Å². The molecule has 1 atom stereocenters. The monoisotopic (exact) mass is 536 g/mol. The van der Waals surface area contributed by atoms with Gasteiger partial charge in [-0.3, -0.25) is 14.7 Å². The van der Waals surface area contributed by atoms with Crippen LogP contribution >= 0.6 is 11.6 Å². The van der Waals surface area contributed by atoms with E-state index < -0.39 is 5.41 Å². The van der Waals surface area contributed by atoms with Gasteiger partial charge in [0.25, 0.3) is 0 Å². The number of halogens is 1. The number of ether oxygens (including phenoxy) is 1. The highest BCUT2D eigenvalue weighted by molar-refractivity contribution is 6.30. The molecule has 7 nitrogen and oxygen atoms in total. The molecule has 2 aromatic carbocycles. The molecule has 0 spiro atoms. The standard InChI is InChI=1S/C30H37ClN4O3/c1-22-27(23(2)33-32-22)13-14-28(36)35-16-8-15-30(20-35,21-38-26-12-7-11-25(31)17-26)18-29(37)34(3)19-24-9-5-4-6-10-24/h4-7,9-12,17H,8,13-16,18-21H2,1-3H3,(H,32,33)/t30-/m1/s1. The fourth-order valence-electron chi connectivity index (χ4n) is 5.26. The molecule has 2 amide bonds. The maximum absolute atomic E-state index is 13.5. The van der Waals surface area contributed by atoms with Crippen LogP contribution in [-0.4, -0.2) is 58.6 Å². The third-order valence-corrected chi connectivity index (χ3v) is 7.67. The lowest BCUT2D eigenvalue weighted by Crippen LogP contribution is -2.50. The molecule has 4 rings (SSSR count).